The third-order valence-corrected chi connectivity index (χ3v) is 3.07. The van der Waals surface area contributed by atoms with Crippen LogP contribution >= 0.6 is 0 Å². The van der Waals surface area contributed by atoms with E-state index in [1.54, 1.807) is 0 Å². The Balaban J connectivity index is 3.32. The van der Waals surface area contributed by atoms with E-state index in [4.69, 9.17) is 5.11 Å². The molecule has 1 N–H and O–H groups in total. The van der Waals surface area contributed by atoms with Gasteiger partial charge in [0.25, 0.3) is 0 Å². The van der Waals surface area contributed by atoms with Crippen LogP contribution in [-0.2, 0) is 0 Å². The predicted molar refractivity (Wildman–Crippen MR) is 58.8 cm³/mol. The molecule has 0 aromatic heterocycles. The van der Waals surface area contributed by atoms with Gasteiger partial charge in [0.1, 0.15) is 0 Å². The number of unbranched alkanes of at least 4 members (excludes halogenated alkanes) is 3. The predicted octanol–water partition coefficient (Wildman–Crippen LogP) is 3.61. The van der Waals surface area contributed by atoms with Crippen molar-refractivity contribution in [1.29, 1.82) is 0 Å². The Morgan fingerprint density at radius 3 is 2.08 bits per heavy atom. The number of rotatable bonds is 8. The first-order valence-corrected chi connectivity index (χ1v) is 5.83. The van der Waals surface area contributed by atoms with Gasteiger partial charge in [0, 0.05) is 6.61 Å². The standard InChI is InChI=1S/C12H26O/c1-4-5-6-7-8-11(2)12(3)9-10-13/h11-13H,4-10H2,1-3H3. The van der Waals surface area contributed by atoms with Crippen molar-refractivity contribution in [2.24, 2.45) is 11.8 Å². The summed E-state index contributed by atoms with van der Waals surface area (Å²) in [5.74, 6) is 1.47. The SMILES string of the molecule is CCCCCCC(C)C(C)CCO. The van der Waals surface area contributed by atoms with Crippen LogP contribution in [0.15, 0.2) is 0 Å². The van der Waals surface area contributed by atoms with E-state index < -0.39 is 0 Å². The Labute approximate surface area is 83.5 Å². The fourth-order valence-electron chi connectivity index (χ4n) is 1.67. The van der Waals surface area contributed by atoms with E-state index in [1.165, 1.54) is 32.1 Å². The highest BCUT2D eigenvalue weighted by Gasteiger charge is 2.10. The molecule has 0 aliphatic heterocycles. The molecule has 0 saturated heterocycles. The van der Waals surface area contributed by atoms with Crippen molar-refractivity contribution in [1.82, 2.24) is 0 Å². The van der Waals surface area contributed by atoms with Crippen LogP contribution in [0.2, 0.25) is 0 Å². The Morgan fingerprint density at radius 1 is 0.923 bits per heavy atom. The molecule has 1 heteroatoms. The highest BCUT2D eigenvalue weighted by Crippen LogP contribution is 2.20. The lowest BCUT2D eigenvalue weighted by atomic mass is 9.88. The molecule has 0 aliphatic carbocycles. The van der Waals surface area contributed by atoms with E-state index in [9.17, 15) is 0 Å². The number of hydrogen-bond acceptors (Lipinski definition) is 1. The summed E-state index contributed by atoms with van der Waals surface area (Å²) in [4.78, 5) is 0. The topological polar surface area (TPSA) is 20.2 Å². The lowest BCUT2D eigenvalue weighted by molar-refractivity contribution is 0.228. The van der Waals surface area contributed by atoms with Crippen LogP contribution in [0.1, 0.15) is 59.3 Å². The van der Waals surface area contributed by atoms with Crippen LogP contribution in [-0.4, -0.2) is 11.7 Å². The second kappa shape index (κ2) is 8.55. The maximum atomic E-state index is 8.80. The highest BCUT2D eigenvalue weighted by molar-refractivity contribution is 4.61. The first kappa shape index (κ1) is 13.0. The highest BCUT2D eigenvalue weighted by atomic mass is 16.3. The third-order valence-electron chi connectivity index (χ3n) is 3.07. The molecule has 0 amide bonds. The fourth-order valence-corrected chi connectivity index (χ4v) is 1.67. The van der Waals surface area contributed by atoms with Gasteiger partial charge in [0.15, 0.2) is 0 Å². The Bertz CT molecular complexity index is 101. The van der Waals surface area contributed by atoms with Gasteiger partial charge >= 0.3 is 0 Å². The van der Waals surface area contributed by atoms with Crippen LogP contribution in [0, 0.1) is 11.8 Å². The van der Waals surface area contributed by atoms with Crippen molar-refractivity contribution in [2.45, 2.75) is 59.3 Å². The lowest BCUT2D eigenvalue weighted by Crippen LogP contribution is -2.09. The summed E-state index contributed by atoms with van der Waals surface area (Å²) in [6, 6.07) is 0. The number of aliphatic hydroxyl groups excluding tert-OH is 1. The fraction of sp³-hybridized carbons (Fsp3) is 1.00. The van der Waals surface area contributed by atoms with Crippen molar-refractivity contribution in [3.8, 4) is 0 Å². The zero-order chi connectivity index (χ0) is 10.1. The monoisotopic (exact) mass is 186 g/mol. The molecule has 0 radical (unpaired) electrons. The van der Waals surface area contributed by atoms with Gasteiger partial charge in [-0.1, -0.05) is 52.9 Å². The Hall–Kier alpha value is -0.0400. The Morgan fingerprint density at radius 2 is 1.54 bits per heavy atom. The maximum absolute atomic E-state index is 8.80. The molecule has 80 valence electrons. The zero-order valence-electron chi connectivity index (χ0n) is 9.55. The van der Waals surface area contributed by atoms with Crippen molar-refractivity contribution in [3.63, 3.8) is 0 Å². The van der Waals surface area contributed by atoms with Gasteiger partial charge in [0.05, 0.1) is 0 Å². The molecule has 13 heavy (non-hydrogen) atoms. The molecular weight excluding hydrogens is 160 g/mol. The minimum Gasteiger partial charge on any atom is -0.396 e. The minimum absolute atomic E-state index is 0.348. The maximum Gasteiger partial charge on any atom is 0.0433 e. The van der Waals surface area contributed by atoms with Crippen LogP contribution in [0.4, 0.5) is 0 Å². The summed E-state index contributed by atoms with van der Waals surface area (Å²) in [5.41, 5.74) is 0. The Kier molecular flexibility index (Phi) is 8.53. The molecule has 1 nitrogen and oxygen atoms in total. The van der Waals surface area contributed by atoms with Gasteiger partial charge in [-0.05, 0) is 18.3 Å². The van der Waals surface area contributed by atoms with Crippen molar-refractivity contribution >= 4 is 0 Å². The van der Waals surface area contributed by atoms with Crippen LogP contribution < -0.4 is 0 Å². The summed E-state index contributed by atoms with van der Waals surface area (Å²) < 4.78 is 0. The molecule has 0 spiro atoms. The van der Waals surface area contributed by atoms with Gasteiger partial charge in [-0.3, -0.25) is 0 Å². The van der Waals surface area contributed by atoms with E-state index in [-0.39, 0.29) is 0 Å². The van der Waals surface area contributed by atoms with Crippen LogP contribution in [0.25, 0.3) is 0 Å². The largest absolute Gasteiger partial charge is 0.396 e. The van der Waals surface area contributed by atoms with Gasteiger partial charge < -0.3 is 5.11 Å². The van der Waals surface area contributed by atoms with Crippen molar-refractivity contribution in [3.05, 3.63) is 0 Å². The second-order valence-corrected chi connectivity index (χ2v) is 4.32. The second-order valence-electron chi connectivity index (χ2n) is 4.32. The number of hydrogen-bond donors (Lipinski definition) is 1. The normalized spacial score (nSPS) is 15.7. The first-order valence-electron chi connectivity index (χ1n) is 5.83. The molecule has 0 saturated carbocycles. The molecule has 0 rings (SSSR count). The van der Waals surface area contributed by atoms with Crippen LogP contribution in [0.3, 0.4) is 0 Å². The summed E-state index contributed by atoms with van der Waals surface area (Å²) in [7, 11) is 0. The molecular formula is C12H26O. The lowest BCUT2D eigenvalue weighted by Gasteiger charge is -2.18. The van der Waals surface area contributed by atoms with Crippen molar-refractivity contribution < 1.29 is 5.11 Å². The van der Waals surface area contributed by atoms with Crippen molar-refractivity contribution in [2.75, 3.05) is 6.61 Å². The smallest absolute Gasteiger partial charge is 0.0433 e. The summed E-state index contributed by atoms with van der Waals surface area (Å²) >= 11 is 0. The molecule has 0 aliphatic rings. The molecule has 0 heterocycles. The summed E-state index contributed by atoms with van der Waals surface area (Å²) in [5, 5.41) is 8.80. The molecule has 2 unspecified atom stereocenters. The molecule has 0 aromatic rings. The van der Waals surface area contributed by atoms with E-state index in [0.717, 1.165) is 12.3 Å². The zero-order valence-corrected chi connectivity index (χ0v) is 9.55. The van der Waals surface area contributed by atoms with E-state index in [1.807, 2.05) is 0 Å². The van der Waals surface area contributed by atoms with Gasteiger partial charge in [-0.25, -0.2) is 0 Å². The van der Waals surface area contributed by atoms with Crippen LogP contribution in [0.5, 0.6) is 0 Å². The molecule has 2 atom stereocenters. The molecule has 0 fully saturated rings. The minimum atomic E-state index is 0.348. The average Bonchev–Trinajstić information content (AvgIpc) is 2.12. The average molecular weight is 186 g/mol. The van der Waals surface area contributed by atoms with Gasteiger partial charge in [-0.2, -0.15) is 0 Å². The van der Waals surface area contributed by atoms with Gasteiger partial charge in [-0.15, -0.1) is 0 Å². The third kappa shape index (κ3) is 7.06. The number of aliphatic hydroxyl groups is 1. The quantitative estimate of drug-likeness (QED) is 0.574. The summed E-state index contributed by atoms with van der Waals surface area (Å²) in [6.07, 6.45) is 7.75. The van der Waals surface area contributed by atoms with E-state index in [2.05, 4.69) is 20.8 Å². The molecule has 0 aromatic carbocycles. The van der Waals surface area contributed by atoms with E-state index >= 15 is 0 Å². The van der Waals surface area contributed by atoms with E-state index in [0.29, 0.717) is 12.5 Å². The summed E-state index contributed by atoms with van der Waals surface area (Å²) in [6.45, 7) is 7.16. The first-order chi connectivity index (χ1) is 6.22. The van der Waals surface area contributed by atoms with Gasteiger partial charge in [0.2, 0.25) is 0 Å². The molecule has 0 bridgehead atoms.